The number of carboxylic acids is 1. The first-order valence-electron chi connectivity index (χ1n) is 11.9. The lowest BCUT2D eigenvalue weighted by atomic mass is 10.0. The van der Waals surface area contributed by atoms with Gasteiger partial charge in [0.15, 0.2) is 11.8 Å². The topological polar surface area (TPSA) is 120 Å². The predicted molar refractivity (Wildman–Crippen MR) is 144 cm³/mol. The Morgan fingerprint density at radius 2 is 1.76 bits per heavy atom. The number of amides is 1. The zero-order valence-corrected chi connectivity index (χ0v) is 21.0. The van der Waals surface area contributed by atoms with Crippen LogP contribution >= 0.6 is 0 Å². The van der Waals surface area contributed by atoms with Crippen LogP contribution in [0.5, 0.6) is 5.75 Å². The molecule has 1 aromatic heterocycles. The number of rotatable bonds is 6. The average Bonchev–Trinajstić information content (AvgIpc) is 3.48. The molecule has 9 heteroatoms. The Hall–Kier alpha value is -5.05. The normalized spacial score (nSPS) is 15.3. The number of para-hydroxylation sites is 1. The van der Waals surface area contributed by atoms with E-state index in [1.807, 2.05) is 62.1 Å². The largest absolute Gasteiger partial charge is 0.505 e. The molecule has 4 aromatic rings. The molecule has 190 valence electrons. The van der Waals surface area contributed by atoms with Crippen LogP contribution in [0.25, 0.3) is 11.1 Å². The van der Waals surface area contributed by atoms with Crippen molar-refractivity contribution in [1.82, 2.24) is 4.57 Å². The second-order valence-electron chi connectivity index (χ2n) is 9.15. The number of anilines is 1. The molecule has 0 saturated heterocycles. The van der Waals surface area contributed by atoms with E-state index in [0.29, 0.717) is 22.5 Å². The molecule has 38 heavy (non-hydrogen) atoms. The maximum absolute atomic E-state index is 13.5. The summed E-state index contributed by atoms with van der Waals surface area (Å²) in [6, 6.07) is 17.7. The summed E-state index contributed by atoms with van der Waals surface area (Å²) in [6.07, 6.45) is 3.71. The van der Waals surface area contributed by atoms with Gasteiger partial charge < -0.3 is 14.8 Å². The van der Waals surface area contributed by atoms with Crippen LogP contribution in [0, 0.1) is 13.8 Å². The van der Waals surface area contributed by atoms with Crippen molar-refractivity contribution in [2.75, 3.05) is 5.01 Å². The van der Waals surface area contributed by atoms with Crippen LogP contribution in [-0.2, 0) is 11.8 Å². The molecule has 1 atom stereocenters. The molecule has 0 bridgehead atoms. The molecule has 0 aliphatic carbocycles. The summed E-state index contributed by atoms with van der Waals surface area (Å²) in [5, 5.41) is 34.8. The second-order valence-corrected chi connectivity index (χ2v) is 9.15. The third-order valence-corrected chi connectivity index (χ3v) is 6.49. The quantitative estimate of drug-likeness (QED) is 0.329. The van der Waals surface area contributed by atoms with Gasteiger partial charge in [-0.1, -0.05) is 30.3 Å². The van der Waals surface area contributed by atoms with Crippen LogP contribution in [0.15, 0.2) is 94.5 Å². The van der Waals surface area contributed by atoms with Gasteiger partial charge in [0.25, 0.3) is 5.91 Å². The summed E-state index contributed by atoms with van der Waals surface area (Å²) < 4.78 is 1.86. The maximum atomic E-state index is 13.5. The maximum Gasteiger partial charge on any atom is 0.335 e. The zero-order valence-electron chi connectivity index (χ0n) is 21.0. The summed E-state index contributed by atoms with van der Waals surface area (Å²) >= 11 is 0. The number of benzene rings is 3. The summed E-state index contributed by atoms with van der Waals surface area (Å²) in [6.45, 7) is 3.97. The number of azo groups is 1. The number of carbonyl (C=O) groups excluding carboxylic acids is 1. The molecule has 2 N–H and O–H groups in total. The van der Waals surface area contributed by atoms with Gasteiger partial charge in [0.2, 0.25) is 0 Å². The minimum absolute atomic E-state index is 0.0978. The fourth-order valence-electron chi connectivity index (χ4n) is 4.25. The first-order valence-corrected chi connectivity index (χ1v) is 11.9. The molecule has 1 aliphatic heterocycles. The lowest BCUT2D eigenvalue weighted by molar-refractivity contribution is -0.117. The van der Waals surface area contributed by atoms with Crippen molar-refractivity contribution in [2.45, 2.75) is 19.9 Å². The van der Waals surface area contributed by atoms with Crippen LogP contribution in [-0.4, -0.2) is 38.4 Å². The van der Waals surface area contributed by atoms with Crippen molar-refractivity contribution in [3.05, 3.63) is 101 Å². The highest BCUT2D eigenvalue weighted by Crippen LogP contribution is 2.38. The number of carboxylic acid groups (broad SMARTS) is 1. The third-order valence-electron chi connectivity index (χ3n) is 6.49. The molecule has 0 radical (unpaired) electrons. The first kappa shape index (κ1) is 24.6. The van der Waals surface area contributed by atoms with Crippen molar-refractivity contribution in [3.8, 4) is 16.9 Å². The number of carbonyl (C=O) groups is 2. The van der Waals surface area contributed by atoms with Crippen molar-refractivity contribution in [3.63, 3.8) is 0 Å². The third kappa shape index (κ3) is 4.57. The van der Waals surface area contributed by atoms with E-state index in [-0.39, 0.29) is 22.9 Å². The van der Waals surface area contributed by atoms with Crippen molar-refractivity contribution >= 4 is 29.0 Å². The number of aromatic carboxylic acids is 1. The number of aromatic nitrogens is 1. The number of hydrogen-bond donors (Lipinski definition) is 2. The van der Waals surface area contributed by atoms with Gasteiger partial charge >= 0.3 is 5.97 Å². The number of phenolic OH excluding ortho intramolecular Hbond substituents is 1. The highest BCUT2D eigenvalue weighted by Gasteiger charge is 2.38. The average molecular weight is 508 g/mol. The van der Waals surface area contributed by atoms with E-state index in [4.69, 9.17) is 0 Å². The molecule has 0 fully saturated rings. The van der Waals surface area contributed by atoms with E-state index in [9.17, 15) is 19.8 Å². The van der Waals surface area contributed by atoms with Gasteiger partial charge in [-0.05, 0) is 66.9 Å². The van der Waals surface area contributed by atoms with Gasteiger partial charge in [0, 0.05) is 30.6 Å². The molecule has 3 aromatic carbocycles. The van der Waals surface area contributed by atoms with Crippen LogP contribution in [0.1, 0.15) is 27.0 Å². The Kier molecular flexibility index (Phi) is 6.34. The van der Waals surface area contributed by atoms with E-state index in [0.717, 1.165) is 16.7 Å². The fraction of sp³-hybridized carbons (Fsp3) is 0.138. The minimum atomic E-state index is -1.07. The van der Waals surface area contributed by atoms with Crippen LogP contribution < -0.4 is 5.01 Å². The highest BCUT2D eigenvalue weighted by atomic mass is 16.4. The molecule has 2 heterocycles. The smallest absolute Gasteiger partial charge is 0.335 e. The Balaban J connectivity index is 1.52. The monoisotopic (exact) mass is 507 g/mol. The van der Waals surface area contributed by atoms with Gasteiger partial charge in [0.1, 0.15) is 11.4 Å². The predicted octanol–water partition coefficient (Wildman–Crippen LogP) is 5.62. The Bertz CT molecular complexity index is 1640. The van der Waals surface area contributed by atoms with Crippen LogP contribution in [0.3, 0.4) is 0 Å². The number of hydrazone groups is 1. The molecule has 1 amide bonds. The lowest BCUT2D eigenvalue weighted by Crippen LogP contribution is -2.30. The molecule has 0 saturated carbocycles. The SMILES string of the molecule is Cc1ccc(N2N=C(c3ccn(C)c3)C(N=Nc3cccc(-c4cccc(C(=O)O)c4)c3O)C2=O)cc1C. The van der Waals surface area contributed by atoms with Gasteiger partial charge in [-0.25, -0.2) is 4.79 Å². The van der Waals surface area contributed by atoms with Gasteiger partial charge in [-0.15, -0.1) is 0 Å². The lowest BCUT2D eigenvalue weighted by Gasteiger charge is -2.14. The number of hydrogen-bond acceptors (Lipinski definition) is 6. The molecule has 5 rings (SSSR count). The summed E-state index contributed by atoms with van der Waals surface area (Å²) in [5.74, 6) is -1.60. The van der Waals surface area contributed by atoms with Gasteiger partial charge in [-0.3, -0.25) is 4.79 Å². The Morgan fingerprint density at radius 3 is 2.47 bits per heavy atom. The standard InChI is InChI=1S/C29H25N5O4/c1-17-10-11-22(14-18(17)2)34-28(36)26(25(32-34)21-12-13-33(3)16-21)31-30-24-9-5-8-23(27(24)35)19-6-4-7-20(15-19)29(37)38/h4-16,26,35H,1-3H3,(H,37,38). The van der Waals surface area contributed by atoms with E-state index in [2.05, 4.69) is 15.3 Å². The minimum Gasteiger partial charge on any atom is -0.505 e. The van der Waals surface area contributed by atoms with Crippen molar-refractivity contribution in [1.29, 1.82) is 0 Å². The van der Waals surface area contributed by atoms with E-state index >= 15 is 0 Å². The molecule has 0 spiro atoms. The van der Waals surface area contributed by atoms with E-state index < -0.39 is 12.0 Å². The molecule has 1 aliphatic rings. The fourth-order valence-corrected chi connectivity index (χ4v) is 4.25. The Labute approximate surface area is 219 Å². The highest BCUT2D eigenvalue weighted by molar-refractivity contribution is 6.24. The number of phenols is 1. The van der Waals surface area contributed by atoms with E-state index in [1.54, 1.807) is 30.3 Å². The van der Waals surface area contributed by atoms with Crippen molar-refractivity contribution < 1.29 is 19.8 Å². The number of aromatic hydroxyl groups is 1. The second kappa shape index (κ2) is 9.78. The number of aryl methyl sites for hydroxylation is 3. The molecular weight excluding hydrogens is 482 g/mol. The zero-order chi connectivity index (χ0) is 27.0. The van der Waals surface area contributed by atoms with E-state index in [1.165, 1.54) is 17.1 Å². The molecular formula is C29H25N5O4. The van der Waals surface area contributed by atoms with Gasteiger partial charge in [-0.2, -0.15) is 20.3 Å². The van der Waals surface area contributed by atoms with Gasteiger partial charge in [0.05, 0.1) is 11.3 Å². The summed E-state index contributed by atoms with van der Waals surface area (Å²) in [5.41, 5.74) is 5.11. The van der Waals surface area contributed by atoms with Crippen molar-refractivity contribution in [2.24, 2.45) is 22.4 Å². The first-order chi connectivity index (χ1) is 18.2. The van der Waals surface area contributed by atoms with Crippen LogP contribution in [0.2, 0.25) is 0 Å². The van der Waals surface area contributed by atoms with Crippen LogP contribution in [0.4, 0.5) is 11.4 Å². The summed E-state index contributed by atoms with van der Waals surface area (Å²) in [4.78, 5) is 24.9. The number of nitrogens with zero attached hydrogens (tertiary/aromatic N) is 5. The summed E-state index contributed by atoms with van der Waals surface area (Å²) in [7, 11) is 1.88. The molecule has 1 unspecified atom stereocenters. The Morgan fingerprint density at radius 1 is 0.974 bits per heavy atom. The molecule has 9 nitrogen and oxygen atoms in total.